The van der Waals surface area contributed by atoms with E-state index in [1.807, 2.05) is 0 Å². The Morgan fingerprint density at radius 3 is 2.67 bits per heavy atom. The minimum atomic E-state index is 0.642. The van der Waals surface area contributed by atoms with E-state index < -0.39 is 0 Å². The minimum Gasteiger partial charge on any atom is -0.313 e. The van der Waals surface area contributed by atoms with E-state index in [0.717, 1.165) is 11.8 Å². The molecule has 1 aliphatic heterocycles. The van der Waals surface area contributed by atoms with Gasteiger partial charge in [-0.2, -0.15) is 11.8 Å². The molecule has 0 saturated carbocycles. The van der Waals surface area contributed by atoms with Gasteiger partial charge in [0.15, 0.2) is 0 Å². The van der Waals surface area contributed by atoms with Crippen LogP contribution < -0.4 is 5.32 Å². The zero-order valence-electron chi connectivity index (χ0n) is 11.6. The maximum Gasteiger partial charge on any atom is 0.0226 e. The number of rotatable bonds is 5. The van der Waals surface area contributed by atoms with Crippen molar-refractivity contribution in [2.75, 3.05) is 12.3 Å². The molecule has 0 spiro atoms. The number of aryl methyl sites for hydroxylation is 1. The maximum absolute atomic E-state index is 3.69. The number of benzene rings is 1. The van der Waals surface area contributed by atoms with Crippen LogP contribution in [-0.2, 0) is 6.42 Å². The number of likely N-dealkylation sites (N-methyl/N-ethyl adjacent to an activating group) is 1. The molecule has 2 atom stereocenters. The minimum absolute atomic E-state index is 0.642. The first-order valence-electron chi connectivity index (χ1n) is 7.20. The predicted molar refractivity (Wildman–Crippen MR) is 82.4 cm³/mol. The van der Waals surface area contributed by atoms with Crippen molar-refractivity contribution >= 4 is 11.8 Å². The fraction of sp³-hybridized carbons (Fsp3) is 0.625. The molecular formula is C16H25NS. The zero-order chi connectivity index (χ0) is 12.8. The van der Waals surface area contributed by atoms with Gasteiger partial charge in [-0.25, -0.2) is 0 Å². The van der Waals surface area contributed by atoms with Crippen molar-refractivity contribution in [2.45, 2.75) is 50.8 Å². The molecule has 1 aliphatic rings. The van der Waals surface area contributed by atoms with Gasteiger partial charge in [0, 0.05) is 11.3 Å². The van der Waals surface area contributed by atoms with Crippen LogP contribution in [0.5, 0.6) is 0 Å². The number of thioether (sulfide) groups is 1. The molecule has 100 valence electrons. The zero-order valence-corrected chi connectivity index (χ0v) is 12.4. The van der Waals surface area contributed by atoms with Gasteiger partial charge < -0.3 is 5.32 Å². The SMILES string of the molecule is CCNC(Cc1ccc(C)cc1)C1CCCCS1. The normalized spacial score (nSPS) is 21.8. The maximum atomic E-state index is 3.69. The summed E-state index contributed by atoms with van der Waals surface area (Å²) in [7, 11) is 0. The molecule has 0 radical (unpaired) electrons. The van der Waals surface area contributed by atoms with E-state index in [9.17, 15) is 0 Å². The first-order valence-corrected chi connectivity index (χ1v) is 8.25. The Hall–Kier alpha value is -0.470. The standard InChI is InChI=1S/C16H25NS/c1-3-17-15(16-6-4-5-11-18-16)12-14-9-7-13(2)8-10-14/h7-10,15-17H,3-6,11-12H2,1-2H3. The van der Waals surface area contributed by atoms with E-state index in [2.05, 4.69) is 55.2 Å². The molecule has 1 saturated heterocycles. The van der Waals surface area contributed by atoms with Crippen molar-refractivity contribution in [2.24, 2.45) is 0 Å². The Morgan fingerprint density at radius 2 is 2.06 bits per heavy atom. The van der Waals surface area contributed by atoms with Gasteiger partial charge in [-0.1, -0.05) is 43.2 Å². The van der Waals surface area contributed by atoms with Crippen LogP contribution in [0.15, 0.2) is 24.3 Å². The van der Waals surface area contributed by atoms with E-state index in [1.54, 1.807) is 0 Å². The number of nitrogens with one attached hydrogen (secondary N) is 1. The van der Waals surface area contributed by atoms with E-state index in [4.69, 9.17) is 0 Å². The van der Waals surface area contributed by atoms with Crippen molar-refractivity contribution in [1.82, 2.24) is 5.32 Å². The van der Waals surface area contributed by atoms with E-state index >= 15 is 0 Å². The number of hydrogen-bond acceptors (Lipinski definition) is 2. The monoisotopic (exact) mass is 263 g/mol. The molecule has 1 N–H and O–H groups in total. The van der Waals surface area contributed by atoms with Crippen LogP contribution in [0.3, 0.4) is 0 Å². The van der Waals surface area contributed by atoms with E-state index in [1.165, 1.54) is 42.6 Å². The lowest BCUT2D eigenvalue weighted by atomic mass is 9.99. The molecular weight excluding hydrogens is 238 g/mol. The van der Waals surface area contributed by atoms with Crippen molar-refractivity contribution in [3.05, 3.63) is 35.4 Å². The second-order valence-corrected chi connectivity index (χ2v) is 6.61. The first kappa shape index (κ1) is 14.0. The van der Waals surface area contributed by atoms with Gasteiger partial charge in [-0.05, 0) is 44.0 Å². The Morgan fingerprint density at radius 1 is 1.28 bits per heavy atom. The average Bonchev–Trinajstić information content (AvgIpc) is 2.42. The summed E-state index contributed by atoms with van der Waals surface area (Å²) in [4.78, 5) is 0. The van der Waals surface area contributed by atoms with Crippen molar-refractivity contribution in [3.63, 3.8) is 0 Å². The molecule has 1 aromatic rings. The lowest BCUT2D eigenvalue weighted by Crippen LogP contribution is -2.41. The Labute approximate surface area is 116 Å². The van der Waals surface area contributed by atoms with Gasteiger partial charge in [0.05, 0.1) is 0 Å². The molecule has 2 rings (SSSR count). The summed E-state index contributed by atoms with van der Waals surface area (Å²) in [5.41, 5.74) is 2.82. The lowest BCUT2D eigenvalue weighted by molar-refractivity contribution is 0.472. The third kappa shape index (κ3) is 4.03. The topological polar surface area (TPSA) is 12.0 Å². The average molecular weight is 263 g/mol. The summed E-state index contributed by atoms with van der Waals surface area (Å²) < 4.78 is 0. The van der Waals surface area contributed by atoms with Gasteiger partial charge >= 0.3 is 0 Å². The molecule has 0 aliphatic carbocycles. The first-order chi connectivity index (χ1) is 8.79. The Kier molecular flexibility index (Phi) is 5.58. The van der Waals surface area contributed by atoms with Crippen LogP contribution >= 0.6 is 11.8 Å². The van der Waals surface area contributed by atoms with Crippen LogP contribution in [0.1, 0.15) is 37.3 Å². The van der Waals surface area contributed by atoms with Crippen molar-refractivity contribution < 1.29 is 0 Å². The van der Waals surface area contributed by atoms with Crippen molar-refractivity contribution in [3.8, 4) is 0 Å². The summed E-state index contributed by atoms with van der Waals surface area (Å²) in [6.07, 6.45) is 5.37. The number of hydrogen-bond donors (Lipinski definition) is 1. The fourth-order valence-electron chi connectivity index (χ4n) is 2.66. The Balaban J connectivity index is 1.98. The summed E-state index contributed by atoms with van der Waals surface area (Å²) in [5, 5.41) is 4.50. The quantitative estimate of drug-likeness (QED) is 0.867. The predicted octanol–water partition coefficient (Wildman–Crippen LogP) is 3.80. The highest BCUT2D eigenvalue weighted by atomic mass is 32.2. The van der Waals surface area contributed by atoms with Crippen LogP contribution in [0.25, 0.3) is 0 Å². The summed E-state index contributed by atoms with van der Waals surface area (Å²) in [6.45, 7) is 5.45. The molecule has 18 heavy (non-hydrogen) atoms. The van der Waals surface area contributed by atoms with E-state index in [0.29, 0.717) is 6.04 Å². The fourth-order valence-corrected chi connectivity index (χ4v) is 4.09. The molecule has 1 heterocycles. The van der Waals surface area contributed by atoms with Gasteiger partial charge in [0.25, 0.3) is 0 Å². The molecule has 1 nitrogen and oxygen atoms in total. The molecule has 0 amide bonds. The second kappa shape index (κ2) is 7.20. The highest BCUT2D eigenvalue weighted by Crippen LogP contribution is 2.29. The van der Waals surface area contributed by atoms with Gasteiger partial charge in [0.1, 0.15) is 0 Å². The van der Waals surface area contributed by atoms with Crippen LogP contribution in [0.4, 0.5) is 0 Å². The third-order valence-electron chi connectivity index (χ3n) is 3.71. The largest absolute Gasteiger partial charge is 0.313 e. The Bertz CT molecular complexity index is 341. The van der Waals surface area contributed by atoms with Crippen LogP contribution in [0.2, 0.25) is 0 Å². The lowest BCUT2D eigenvalue weighted by Gasteiger charge is -2.30. The van der Waals surface area contributed by atoms with Gasteiger partial charge in [0.2, 0.25) is 0 Å². The highest BCUT2D eigenvalue weighted by molar-refractivity contribution is 8.00. The second-order valence-electron chi connectivity index (χ2n) is 5.26. The molecule has 0 aromatic heterocycles. The van der Waals surface area contributed by atoms with Crippen LogP contribution in [0, 0.1) is 6.92 Å². The molecule has 0 bridgehead atoms. The molecule has 1 aromatic carbocycles. The van der Waals surface area contributed by atoms with Gasteiger partial charge in [-0.15, -0.1) is 0 Å². The summed E-state index contributed by atoms with van der Waals surface area (Å²) in [5.74, 6) is 1.35. The highest BCUT2D eigenvalue weighted by Gasteiger charge is 2.23. The van der Waals surface area contributed by atoms with E-state index in [-0.39, 0.29) is 0 Å². The summed E-state index contributed by atoms with van der Waals surface area (Å²) >= 11 is 2.17. The van der Waals surface area contributed by atoms with Crippen molar-refractivity contribution in [1.29, 1.82) is 0 Å². The third-order valence-corrected chi connectivity index (χ3v) is 5.22. The van der Waals surface area contributed by atoms with Gasteiger partial charge in [-0.3, -0.25) is 0 Å². The van der Waals surface area contributed by atoms with Crippen LogP contribution in [-0.4, -0.2) is 23.6 Å². The molecule has 2 unspecified atom stereocenters. The molecule has 2 heteroatoms. The molecule has 1 fully saturated rings. The summed E-state index contributed by atoms with van der Waals surface area (Å²) in [6, 6.07) is 9.67. The smallest absolute Gasteiger partial charge is 0.0226 e.